The van der Waals surface area contributed by atoms with Crippen LogP contribution in [0.15, 0.2) is 42.7 Å². The Bertz CT molecular complexity index is 381. The highest BCUT2D eigenvalue weighted by molar-refractivity contribution is 5.61. The molecule has 3 heteroatoms. The molecule has 0 fully saturated rings. The lowest BCUT2D eigenvalue weighted by molar-refractivity contribution is 1.19. The number of rotatable bonds is 1. The standard InChI is InChI=1S/C10H9N3/c11-10-12-6-9(7-13-10)8-4-2-1-3-5-8/h1-7H,(H2,11,12,13). The third kappa shape index (κ3) is 1.64. The van der Waals surface area contributed by atoms with Gasteiger partial charge in [0.25, 0.3) is 0 Å². The van der Waals surface area contributed by atoms with E-state index in [1.165, 1.54) is 0 Å². The first-order valence-corrected chi connectivity index (χ1v) is 3.99. The first-order chi connectivity index (χ1) is 6.36. The van der Waals surface area contributed by atoms with E-state index in [0.29, 0.717) is 5.95 Å². The summed E-state index contributed by atoms with van der Waals surface area (Å²) in [4.78, 5) is 7.84. The van der Waals surface area contributed by atoms with E-state index in [0.717, 1.165) is 11.1 Å². The van der Waals surface area contributed by atoms with Gasteiger partial charge in [0.15, 0.2) is 0 Å². The van der Waals surface area contributed by atoms with Crippen molar-refractivity contribution in [3.05, 3.63) is 42.7 Å². The van der Waals surface area contributed by atoms with Gasteiger partial charge in [-0.15, -0.1) is 0 Å². The van der Waals surface area contributed by atoms with E-state index in [9.17, 15) is 0 Å². The average Bonchev–Trinajstić information content (AvgIpc) is 2.20. The second kappa shape index (κ2) is 3.23. The number of hydrogen-bond acceptors (Lipinski definition) is 3. The Morgan fingerprint density at radius 1 is 0.846 bits per heavy atom. The Kier molecular flexibility index (Phi) is 1.92. The zero-order valence-corrected chi connectivity index (χ0v) is 7.01. The fourth-order valence-electron chi connectivity index (χ4n) is 1.12. The van der Waals surface area contributed by atoms with E-state index in [-0.39, 0.29) is 0 Å². The van der Waals surface area contributed by atoms with Gasteiger partial charge in [-0.1, -0.05) is 30.3 Å². The summed E-state index contributed by atoms with van der Waals surface area (Å²) in [5, 5.41) is 0. The summed E-state index contributed by atoms with van der Waals surface area (Å²) in [6, 6.07) is 9.95. The molecule has 0 radical (unpaired) electrons. The molecule has 0 amide bonds. The maximum atomic E-state index is 5.38. The third-order valence-electron chi connectivity index (χ3n) is 1.78. The number of nitrogens with two attached hydrogens (primary N) is 1. The normalized spacial score (nSPS) is 9.85. The maximum Gasteiger partial charge on any atom is 0.219 e. The van der Waals surface area contributed by atoms with Gasteiger partial charge in [0, 0.05) is 18.0 Å². The highest BCUT2D eigenvalue weighted by Crippen LogP contribution is 2.16. The summed E-state index contributed by atoms with van der Waals surface area (Å²) in [5.41, 5.74) is 7.46. The fourth-order valence-corrected chi connectivity index (χ4v) is 1.12. The second-order valence-electron chi connectivity index (χ2n) is 2.70. The van der Waals surface area contributed by atoms with Crippen LogP contribution in [0.25, 0.3) is 11.1 Å². The van der Waals surface area contributed by atoms with Crippen LogP contribution in [0.4, 0.5) is 5.95 Å². The number of hydrogen-bond donors (Lipinski definition) is 1. The van der Waals surface area contributed by atoms with Crippen LogP contribution in [-0.4, -0.2) is 9.97 Å². The minimum absolute atomic E-state index is 0.305. The van der Waals surface area contributed by atoms with Crippen molar-refractivity contribution < 1.29 is 0 Å². The van der Waals surface area contributed by atoms with Gasteiger partial charge in [-0.25, -0.2) is 9.97 Å². The number of nitrogen functional groups attached to an aromatic ring is 1. The fraction of sp³-hybridized carbons (Fsp3) is 0. The molecule has 1 heterocycles. The van der Waals surface area contributed by atoms with Gasteiger partial charge in [-0.2, -0.15) is 0 Å². The molecule has 0 aliphatic carbocycles. The monoisotopic (exact) mass is 171 g/mol. The van der Waals surface area contributed by atoms with Crippen LogP contribution in [0, 0.1) is 0 Å². The van der Waals surface area contributed by atoms with Crippen LogP contribution in [0.1, 0.15) is 0 Å². The minimum atomic E-state index is 0.305. The molecule has 0 saturated carbocycles. The molecule has 1 aromatic carbocycles. The molecule has 0 unspecified atom stereocenters. The Morgan fingerprint density at radius 3 is 2.08 bits per heavy atom. The van der Waals surface area contributed by atoms with Crippen molar-refractivity contribution in [1.82, 2.24) is 9.97 Å². The van der Waals surface area contributed by atoms with E-state index in [2.05, 4.69) is 9.97 Å². The number of benzene rings is 1. The molecule has 0 aliphatic rings. The lowest BCUT2D eigenvalue weighted by Gasteiger charge is -1.99. The van der Waals surface area contributed by atoms with Crippen molar-refractivity contribution >= 4 is 5.95 Å². The Labute approximate surface area is 76.3 Å². The molecule has 2 N–H and O–H groups in total. The summed E-state index contributed by atoms with van der Waals surface area (Å²) in [7, 11) is 0. The molecule has 0 bridgehead atoms. The largest absolute Gasteiger partial charge is 0.368 e. The molecule has 2 rings (SSSR count). The van der Waals surface area contributed by atoms with Crippen molar-refractivity contribution in [2.24, 2.45) is 0 Å². The lowest BCUT2D eigenvalue weighted by atomic mass is 10.1. The maximum absolute atomic E-state index is 5.38. The minimum Gasteiger partial charge on any atom is -0.368 e. The van der Waals surface area contributed by atoms with E-state index >= 15 is 0 Å². The molecule has 0 spiro atoms. The predicted octanol–water partition coefficient (Wildman–Crippen LogP) is 1.73. The van der Waals surface area contributed by atoms with Crippen molar-refractivity contribution in [2.45, 2.75) is 0 Å². The molecule has 3 nitrogen and oxygen atoms in total. The Morgan fingerprint density at radius 2 is 1.46 bits per heavy atom. The van der Waals surface area contributed by atoms with Gasteiger partial charge >= 0.3 is 0 Å². The molecule has 1 aromatic heterocycles. The van der Waals surface area contributed by atoms with E-state index in [1.807, 2.05) is 30.3 Å². The molecular formula is C10H9N3. The van der Waals surface area contributed by atoms with E-state index in [4.69, 9.17) is 5.73 Å². The molecular weight excluding hydrogens is 162 g/mol. The second-order valence-corrected chi connectivity index (χ2v) is 2.70. The SMILES string of the molecule is Nc1ncc(-c2ccccc2)cn1. The first kappa shape index (κ1) is 7.73. The summed E-state index contributed by atoms with van der Waals surface area (Å²) < 4.78 is 0. The summed E-state index contributed by atoms with van der Waals surface area (Å²) >= 11 is 0. The summed E-state index contributed by atoms with van der Waals surface area (Å²) in [6.07, 6.45) is 3.44. The van der Waals surface area contributed by atoms with Gasteiger partial charge in [0.2, 0.25) is 5.95 Å². The van der Waals surface area contributed by atoms with Crippen LogP contribution in [-0.2, 0) is 0 Å². The molecule has 0 atom stereocenters. The smallest absolute Gasteiger partial charge is 0.219 e. The van der Waals surface area contributed by atoms with Gasteiger partial charge in [0.05, 0.1) is 0 Å². The zero-order chi connectivity index (χ0) is 9.10. The third-order valence-corrected chi connectivity index (χ3v) is 1.78. The predicted molar refractivity (Wildman–Crippen MR) is 51.9 cm³/mol. The molecule has 0 saturated heterocycles. The summed E-state index contributed by atoms with van der Waals surface area (Å²) in [5.74, 6) is 0.305. The average molecular weight is 171 g/mol. The summed E-state index contributed by atoms with van der Waals surface area (Å²) in [6.45, 7) is 0. The number of aromatic nitrogens is 2. The zero-order valence-electron chi connectivity index (χ0n) is 7.01. The first-order valence-electron chi connectivity index (χ1n) is 3.99. The van der Waals surface area contributed by atoms with Crippen molar-refractivity contribution in [2.75, 3.05) is 5.73 Å². The van der Waals surface area contributed by atoms with Crippen LogP contribution >= 0.6 is 0 Å². The molecule has 2 aromatic rings. The topological polar surface area (TPSA) is 51.8 Å². The van der Waals surface area contributed by atoms with Crippen molar-refractivity contribution in [3.8, 4) is 11.1 Å². The molecule has 13 heavy (non-hydrogen) atoms. The van der Waals surface area contributed by atoms with Crippen LogP contribution in [0.5, 0.6) is 0 Å². The van der Waals surface area contributed by atoms with Crippen LogP contribution in [0.2, 0.25) is 0 Å². The van der Waals surface area contributed by atoms with Crippen LogP contribution < -0.4 is 5.73 Å². The number of nitrogens with zero attached hydrogens (tertiary/aromatic N) is 2. The molecule has 64 valence electrons. The van der Waals surface area contributed by atoms with Gasteiger partial charge in [0.1, 0.15) is 0 Å². The van der Waals surface area contributed by atoms with E-state index < -0.39 is 0 Å². The molecule has 0 aliphatic heterocycles. The highest BCUT2D eigenvalue weighted by atomic mass is 15.0. The van der Waals surface area contributed by atoms with Crippen LogP contribution in [0.3, 0.4) is 0 Å². The number of anilines is 1. The van der Waals surface area contributed by atoms with Crippen molar-refractivity contribution in [1.29, 1.82) is 0 Å². The quantitative estimate of drug-likeness (QED) is 0.710. The van der Waals surface area contributed by atoms with Gasteiger partial charge in [-0.05, 0) is 5.56 Å². The van der Waals surface area contributed by atoms with Gasteiger partial charge in [-0.3, -0.25) is 0 Å². The van der Waals surface area contributed by atoms with E-state index in [1.54, 1.807) is 12.4 Å². The van der Waals surface area contributed by atoms with Gasteiger partial charge < -0.3 is 5.73 Å². The Balaban J connectivity index is 2.42. The van der Waals surface area contributed by atoms with Crippen molar-refractivity contribution in [3.63, 3.8) is 0 Å². The lowest BCUT2D eigenvalue weighted by Crippen LogP contribution is -1.93. The highest BCUT2D eigenvalue weighted by Gasteiger charge is 1.96. The Hall–Kier alpha value is -1.90.